The van der Waals surface area contributed by atoms with Crippen LogP contribution in [-0.4, -0.2) is 29.4 Å². The maximum atomic E-state index is 12.4. The Labute approximate surface area is 136 Å². The molecule has 1 fully saturated rings. The molecule has 0 radical (unpaired) electrons. The number of oxazole rings is 1. The Bertz CT molecular complexity index is 718. The smallest absolute Gasteiger partial charge is 0.273 e. The predicted molar refractivity (Wildman–Crippen MR) is 81.2 cm³/mol. The van der Waals surface area contributed by atoms with Crippen molar-refractivity contribution < 1.29 is 14.0 Å². The van der Waals surface area contributed by atoms with Crippen molar-refractivity contribution in [3.8, 4) is 0 Å². The summed E-state index contributed by atoms with van der Waals surface area (Å²) >= 11 is 11.8. The molecule has 0 unspecified atom stereocenters. The van der Waals surface area contributed by atoms with Gasteiger partial charge in [0.15, 0.2) is 12.1 Å². The molecule has 3 rings (SSSR count). The Morgan fingerprint density at radius 1 is 1.36 bits per heavy atom. The largest absolute Gasteiger partial charge is 0.451 e. The number of carbonyl (C=O) groups excluding carboxylic acids is 2. The summed E-state index contributed by atoms with van der Waals surface area (Å²) in [6.07, 6.45) is 2.89. The number of amides is 2. The van der Waals surface area contributed by atoms with Gasteiger partial charge in [-0.3, -0.25) is 9.59 Å². The third-order valence-electron chi connectivity index (χ3n) is 3.39. The van der Waals surface area contributed by atoms with E-state index < -0.39 is 11.9 Å². The molecule has 22 heavy (non-hydrogen) atoms. The molecule has 1 atom stereocenters. The van der Waals surface area contributed by atoms with Gasteiger partial charge in [0, 0.05) is 12.2 Å². The molecule has 8 heteroatoms. The number of hydrogen-bond donors (Lipinski definition) is 1. The monoisotopic (exact) mass is 339 g/mol. The van der Waals surface area contributed by atoms with E-state index in [4.69, 9.17) is 27.6 Å². The Balaban J connectivity index is 1.72. The molecule has 2 heterocycles. The maximum absolute atomic E-state index is 12.4. The van der Waals surface area contributed by atoms with Gasteiger partial charge in [0.2, 0.25) is 5.91 Å². The highest BCUT2D eigenvalue weighted by atomic mass is 35.5. The van der Waals surface area contributed by atoms with Crippen LogP contribution in [0, 0.1) is 0 Å². The lowest BCUT2D eigenvalue weighted by Gasteiger charge is -2.17. The molecule has 1 N–H and O–H groups in total. The van der Waals surface area contributed by atoms with E-state index in [1.807, 2.05) is 0 Å². The summed E-state index contributed by atoms with van der Waals surface area (Å²) in [5.41, 5.74) is 0.790. The maximum Gasteiger partial charge on any atom is 0.273 e. The zero-order valence-corrected chi connectivity index (χ0v) is 12.8. The second-order valence-electron chi connectivity index (χ2n) is 4.78. The fourth-order valence-electron chi connectivity index (χ4n) is 2.28. The van der Waals surface area contributed by atoms with Gasteiger partial charge in [-0.15, -0.1) is 0 Å². The van der Waals surface area contributed by atoms with E-state index >= 15 is 0 Å². The Hall–Kier alpha value is -2.05. The van der Waals surface area contributed by atoms with Gasteiger partial charge >= 0.3 is 0 Å². The van der Waals surface area contributed by atoms with Gasteiger partial charge in [-0.25, -0.2) is 4.98 Å². The predicted octanol–water partition coefficient (Wildman–Crippen LogP) is 2.52. The molecule has 6 nitrogen and oxygen atoms in total. The van der Waals surface area contributed by atoms with E-state index in [0.29, 0.717) is 28.7 Å². The molecule has 2 aromatic rings. The first-order chi connectivity index (χ1) is 10.6. The summed E-state index contributed by atoms with van der Waals surface area (Å²) in [6.45, 7) is 0.487. The summed E-state index contributed by atoms with van der Waals surface area (Å²) < 4.78 is 4.75. The summed E-state index contributed by atoms with van der Waals surface area (Å²) in [5.74, 6) is -0.640. The number of halogens is 2. The molecule has 114 valence electrons. The fraction of sp³-hybridized carbons (Fsp3) is 0.214. The van der Waals surface area contributed by atoms with Crippen molar-refractivity contribution in [1.29, 1.82) is 0 Å². The Morgan fingerprint density at radius 2 is 2.18 bits per heavy atom. The summed E-state index contributed by atoms with van der Waals surface area (Å²) in [6, 6.07) is 4.38. The van der Waals surface area contributed by atoms with Gasteiger partial charge in [0.05, 0.1) is 10.0 Å². The van der Waals surface area contributed by atoms with Gasteiger partial charge in [-0.1, -0.05) is 23.2 Å². The van der Waals surface area contributed by atoms with Crippen LogP contribution in [-0.2, 0) is 4.79 Å². The zero-order chi connectivity index (χ0) is 15.7. The van der Waals surface area contributed by atoms with E-state index in [-0.39, 0.29) is 11.6 Å². The van der Waals surface area contributed by atoms with Crippen LogP contribution in [0.3, 0.4) is 0 Å². The summed E-state index contributed by atoms with van der Waals surface area (Å²) in [7, 11) is 0. The van der Waals surface area contributed by atoms with E-state index in [0.717, 1.165) is 6.39 Å². The van der Waals surface area contributed by atoms with Gasteiger partial charge in [-0.05, 0) is 24.6 Å². The number of nitrogens with zero attached hydrogens (tertiary/aromatic N) is 2. The van der Waals surface area contributed by atoms with Crippen LogP contribution >= 0.6 is 23.2 Å². The van der Waals surface area contributed by atoms with Crippen molar-refractivity contribution in [2.24, 2.45) is 0 Å². The zero-order valence-electron chi connectivity index (χ0n) is 11.3. The van der Waals surface area contributed by atoms with Gasteiger partial charge < -0.3 is 14.6 Å². The van der Waals surface area contributed by atoms with Crippen LogP contribution in [0.15, 0.2) is 35.3 Å². The van der Waals surface area contributed by atoms with Crippen molar-refractivity contribution in [3.63, 3.8) is 0 Å². The van der Waals surface area contributed by atoms with Crippen molar-refractivity contribution in [3.05, 3.63) is 46.6 Å². The molecule has 1 aromatic carbocycles. The van der Waals surface area contributed by atoms with Gasteiger partial charge in [0.1, 0.15) is 12.3 Å². The summed E-state index contributed by atoms with van der Waals surface area (Å²) in [4.78, 5) is 29.6. The van der Waals surface area contributed by atoms with Crippen LogP contribution in [0.5, 0.6) is 0 Å². The number of carbonyl (C=O) groups is 2. The lowest BCUT2D eigenvalue weighted by atomic mass is 10.2. The lowest BCUT2D eigenvalue weighted by molar-refractivity contribution is -0.118. The highest BCUT2D eigenvalue weighted by Crippen LogP contribution is 2.29. The van der Waals surface area contributed by atoms with Crippen LogP contribution < -0.4 is 10.2 Å². The van der Waals surface area contributed by atoms with E-state index in [2.05, 4.69) is 10.3 Å². The van der Waals surface area contributed by atoms with Crippen molar-refractivity contribution >= 4 is 40.7 Å². The standard InChI is InChI=1S/C14H11Cl2N3O3/c15-9-2-1-8(5-10(9)16)19-4-3-11(14(19)21)18-13(20)12-6-22-7-17-12/h1-2,5-7,11H,3-4H2,(H,18,20)/t11-/m0/s1. The third-order valence-corrected chi connectivity index (χ3v) is 4.13. The third kappa shape index (κ3) is 2.80. The first-order valence-electron chi connectivity index (χ1n) is 6.52. The second-order valence-corrected chi connectivity index (χ2v) is 5.59. The normalized spacial score (nSPS) is 17.8. The topological polar surface area (TPSA) is 75.4 Å². The highest BCUT2D eigenvalue weighted by molar-refractivity contribution is 6.42. The first kappa shape index (κ1) is 14.9. The van der Waals surface area contributed by atoms with E-state index in [1.165, 1.54) is 6.26 Å². The minimum absolute atomic E-state index is 0.140. The van der Waals surface area contributed by atoms with Crippen LogP contribution in [0.25, 0.3) is 0 Å². The van der Waals surface area contributed by atoms with Crippen LogP contribution in [0.2, 0.25) is 10.0 Å². The lowest BCUT2D eigenvalue weighted by Crippen LogP contribution is -2.41. The quantitative estimate of drug-likeness (QED) is 0.932. The first-order valence-corrected chi connectivity index (χ1v) is 7.27. The Kier molecular flexibility index (Phi) is 4.04. The second kappa shape index (κ2) is 5.98. The number of aromatic nitrogens is 1. The average molecular weight is 340 g/mol. The number of hydrogen-bond acceptors (Lipinski definition) is 4. The SMILES string of the molecule is O=C(N[C@H]1CCN(c2ccc(Cl)c(Cl)c2)C1=O)c1cocn1. The van der Waals surface area contributed by atoms with Crippen molar-refractivity contribution in [1.82, 2.24) is 10.3 Å². The number of nitrogens with one attached hydrogen (secondary N) is 1. The van der Waals surface area contributed by atoms with E-state index in [1.54, 1.807) is 23.1 Å². The molecule has 1 aromatic heterocycles. The van der Waals surface area contributed by atoms with Gasteiger partial charge in [-0.2, -0.15) is 0 Å². The van der Waals surface area contributed by atoms with Gasteiger partial charge in [0.25, 0.3) is 5.91 Å². The average Bonchev–Trinajstić information content (AvgIpc) is 3.13. The number of rotatable bonds is 3. The molecule has 1 aliphatic heterocycles. The number of anilines is 1. The molecule has 1 saturated heterocycles. The van der Waals surface area contributed by atoms with Crippen molar-refractivity contribution in [2.75, 3.05) is 11.4 Å². The molecular formula is C14H11Cl2N3O3. The van der Waals surface area contributed by atoms with Crippen molar-refractivity contribution in [2.45, 2.75) is 12.5 Å². The molecule has 0 spiro atoms. The minimum Gasteiger partial charge on any atom is -0.451 e. The fourth-order valence-corrected chi connectivity index (χ4v) is 2.57. The highest BCUT2D eigenvalue weighted by Gasteiger charge is 2.34. The summed E-state index contributed by atoms with van der Waals surface area (Å²) in [5, 5.41) is 3.45. The molecule has 0 saturated carbocycles. The number of benzene rings is 1. The van der Waals surface area contributed by atoms with Crippen LogP contribution in [0.1, 0.15) is 16.9 Å². The minimum atomic E-state index is -0.598. The molecule has 1 aliphatic rings. The molecular weight excluding hydrogens is 329 g/mol. The molecule has 2 amide bonds. The molecule has 0 bridgehead atoms. The van der Waals surface area contributed by atoms with Crippen LogP contribution in [0.4, 0.5) is 5.69 Å². The van der Waals surface area contributed by atoms with E-state index in [9.17, 15) is 9.59 Å². The Morgan fingerprint density at radius 3 is 2.86 bits per heavy atom. The molecule has 0 aliphatic carbocycles.